The van der Waals surface area contributed by atoms with Crippen LogP contribution >= 0.6 is 0 Å². The van der Waals surface area contributed by atoms with Crippen LogP contribution in [0.5, 0.6) is 5.75 Å². The van der Waals surface area contributed by atoms with Crippen LogP contribution in [0.25, 0.3) is 0 Å². The standard InChI is InChI=1S/C12H16O3/c1-8(2)12(15)11(14)7-9-4-3-5-10(13)6-9/h3-6,8,11,13-14H,7H2,1-2H3/t11-/m0/s1. The molecule has 0 bridgehead atoms. The van der Waals surface area contributed by atoms with Gasteiger partial charge in [-0.2, -0.15) is 0 Å². The Labute approximate surface area is 89.4 Å². The molecule has 1 aromatic carbocycles. The average molecular weight is 208 g/mol. The van der Waals surface area contributed by atoms with Gasteiger partial charge in [0.05, 0.1) is 0 Å². The second-order valence-corrected chi connectivity index (χ2v) is 3.95. The van der Waals surface area contributed by atoms with Crippen molar-refractivity contribution in [2.75, 3.05) is 0 Å². The van der Waals surface area contributed by atoms with Crippen LogP contribution in [-0.4, -0.2) is 22.1 Å². The summed E-state index contributed by atoms with van der Waals surface area (Å²) in [6, 6.07) is 6.57. The molecule has 0 fully saturated rings. The number of aliphatic hydroxyl groups excluding tert-OH is 1. The topological polar surface area (TPSA) is 57.5 Å². The first-order valence-electron chi connectivity index (χ1n) is 5.00. The fourth-order valence-corrected chi connectivity index (χ4v) is 1.39. The predicted molar refractivity (Wildman–Crippen MR) is 57.7 cm³/mol. The summed E-state index contributed by atoms with van der Waals surface area (Å²) < 4.78 is 0. The van der Waals surface area contributed by atoms with Gasteiger partial charge < -0.3 is 10.2 Å². The molecule has 0 saturated heterocycles. The first kappa shape index (κ1) is 11.7. The molecule has 0 saturated carbocycles. The summed E-state index contributed by atoms with van der Waals surface area (Å²) in [5.41, 5.74) is 0.761. The maximum Gasteiger partial charge on any atom is 0.164 e. The van der Waals surface area contributed by atoms with Gasteiger partial charge in [0.15, 0.2) is 5.78 Å². The van der Waals surface area contributed by atoms with Crippen molar-refractivity contribution in [1.82, 2.24) is 0 Å². The monoisotopic (exact) mass is 208 g/mol. The van der Waals surface area contributed by atoms with Gasteiger partial charge in [-0.15, -0.1) is 0 Å². The highest BCUT2D eigenvalue weighted by atomic mass is 16.3. The van der Waals surface area contributed by atoms with E-state index in [0.717, 1.165) is 5.56 Å². The highest BCUT2D eigenvalue weighted by molar-refractivity contribution is 5.84. The number of benzene rings is 1. The third-order valence-electron chi connectivity index (χ3n) is 2.24. The molecule has 0 radical (unpaired) electrons. The molecule has 0 aromatic heterocycles. The molecule has 0 spiro atoms. The van der Waals surface area contributed by atoms with Crippen LogP contribution in [0.4, 0.5) is 0 Å². The molecule has 0 amide bonds. The Hall–Kier alpha value is -1.35. The number of ketones is 1. The molecule has 0 heterocycles. The number of hydrogen-bond acceptors (Lipinski definition) is 3. The van der Waals surface area contributed by atoms with Crippen LogP contribution in [0.3, 0.4) is 0 Å². The molecule has 2 N–H and O–H groups in total. The minimum absolute atomic E-state index is 0.150. The summed E-state index contributed by atoms with van der Waals surface area (Å²) in [6.45, 7) is 3.52. The van der Waals surface area contributed by atoms with Gasteiger partial charge in [0.25, 0.3) is 0 Å². The van der Waals surface area contributed by atoms with Crippen molar-refractivity contribution in [3.05, 3.63) is 29.8 Å². The van der Waals surface area contributed by atoms with Crippen LogP contribution in [0.15, 0.2) is 24.3 Å². The number of Topliss-reactive ketones (excluding diaryl/α,β-unsaturated/α-hetero) is 1. The summed E-state index contributed by atoms with van der Waals surface area (Å²) >= 11 is 0. The van der Waals surface area contributed by atoms with E-state index in [0.29, 0.717) is 0 Å². The first-order chi connectivity index (χ1) is 7.00. The van der Waals surface area contributed by atoms with E-state index < -0.39 is 6.10 Å². The molecular formula is C12H16O3. The molecule has 15 heavy (non-hydrogen) atoms. The number of carbonyl (C=O) groups is 1. The fourth-order valence-electron chi connectivity index (χ4n) is 1.39. The van der Waals surface area contributed by atoms with Crippen molar-refractivity contribution in [2.24, 2.45) is 5.92 Å². The number of carbonyl (C=O) groups excluding carboxylic acids is 1. The van der Waals surface area contributed by atoms with Gasteiger partial charge in [-0.25, -0.2) is 0 Å². The Bertz CT molecular complexity index is 344. The predicted octanol–water partition coefficient (Wildman–Crippen LogP) is 1.52. The third-order valence-corrected chi connectivity index (χ3v) is 2.24. The normalized spacial score (nSPS) is 12.8. The molecular weight excluding hydrogens is 192 g/mol. The summed E-state index contributed by atoms with van der Waals surface area (Å²) in [4.78, 5) is 11.4. The van der Waals surface area contributed by atoms with E-state index in [-0.39, 0.29) is 23.9 Å². The molecule has 3 nitrogen and oxygen atoms in total. The largest absolute Gasteiger partial charge is 0.508 e. The summed E-state index contributed by atoms with van der Waals surface area (Å²) in [7, 11) is 0. The van der Waals surface area contributed by atoms with E-state index in [2.05, 4.69) is 0 Å². The zero-order chi connectivity index (χ0) is 11.4. The molecule has 0 aliphatic carbocycles. The van der Waals surface area contributed by atoms with Gasteiger partial charge in [-0.1, -0.05) is 26.0 Å². The van der Waals surface area contributed by atoms with Crippen LogP contribution in [0, 0.1) is 5.92 Å². The van der Waals surface area contributed by atoms with E-state index in [1.807, 2.05) is 0 Å². The molecule has 3 heteroatoms. The lowest BCUT2D eigenvalue weighted by molar-refractivity contribution is -0.130. The molecule has 0 aliphatic rings. The van der Waals surface area contributed by atoms with Crippen molar-refractivity contribution in [1.29, 1.82) is 0 Å². The highest BCUT2D eigenvalue weighted by Gasteiger charge is 2.18. The Morgan fingerprint density at radius 1 is 1.40 bits per heavy atom. The number of aliphatic hydroxyl groups is 1. The molecule has 0 aliphatic heterocycles. The first-order valence-corrected chi connectivity index (χ1v) is 5.00. The lowest BCUT2D eigenvalue weighted by atomic mass is 9.98. The Kier molecular flexibility index (Phi) is 3.86. The van der Waals surface area contributed by atoms with Crippen molar-refractivity contribution >= 4 is 5.78 Å². The number of aromatic hydroxyl groups is 1. The molecule has 1 rings (SSSR count). The number of rotatable bonds is 4. The van der Waals surface area contributed by atoms with Crippen LogP contribution in [0.1, 0.15) is 19.4 Å². The fraction of sp³-hybridized carbons (Fsp3) is 0.417. The smallest absolute Gasteiger partial charge is 0.164 e. The SMILES string of the molecule is CC(C)C(=O)[C@@H](O)Cc1cccc(O)c1. The molecule has 82 valence electrons. The van der Waals surface area contributed by atoms with Crippen molar-refractivity contribution < 1.29 is 15.0 Å². The third kappa shape index (κ3) is 3.36. The number of phenolic OH excluding ortho intramolecular Hbond substituents is 1. The van der Waals surface area contributed by atoms with Crippen molar-refractivity contribution in [3.63, 3.8) is 0 Å². The van der Waals surface area contributed by atoms with Gasteiger partial charge in [-0.05, 0) is 17.7 Å². The van der Waals surface area contributed by atoms with Crippen molar-refractivity contribution in [3.8, 4) is 5.75 Å². The Morgan fingerprint density at radius 3 is 2.60 bits per heavy atom. The van der Waals surface area contributed by atoms with Crippen LogP contribution in [-0.2, 0) is 11.2 Å². The van der Waals surface area contributed by atoms with Gasteiger partial charge >= 0.3 is 0 Å². The molecule has 1 atom stereocenters. The van der Waals surface area contributed by atoms with Gasteiger partial charge in [-0.3, -0.25) is 4.79 Å². The Balaban J connectivity index is 2.66. The summed E-state index contributed by atoms with van der Waals surface area (Å²) in [5.74, 6) is -0.188. The average Bonchev–Trinajstić information content (AvgIpc) is 2.16. The number of hydrogen-bond donors (Lipinski definition) is 2. The Morgan fingerprint density at radius 2 is 2.07 bits per heavy atom. The molecule has 1 aromatic rings. The lowest BCUT2D eigenvalue weighted by Gasteiger charge is -2.11. The van der Waals surface area contributed by atoms with E-state index in [4.69, 9.17) is 0 Å². The maximum atomic E-state index is 11.4. The molecule has 0 unspecified atom stereocenters. The second kappa shape index (κ2) is 4.94. The van der Waals surface area contributed by atoms with Crippen LogP contribution in [0.2, 0.25) is 0 Å². The quantitative estimate of drug-likeness (QED) is 0.788. The zero-order valence-corrected chi connectivity index (χ0v) is 8.97. The minimum Gasteiger partial charge on any atom is -0.508 e. The lowest BCUT2D eigenvalue weighted by Crippen LogP contribution is -2.27. The minimum atomic E-state index is -0.980. The van der Waals surface area contributed by atoms with Gasteiger partial charge in [0.1, 0.15) is 11.9 Å². The van der Waals surface area contributed by atoms with Gasteiger partial charge in [0.2, 0.25) is 0 Å². The highest BCUT2D eigenvalue weighted by Crippen LogP contribution is 2.14. The number of phenols is 1. The summed E-state index contributed by atoms with van der Waals surface area (Å²) in [5, 5.41) is 18.8. The van der Waals surface area contributed by atoms with Crippen LogP contribution < -0.4 is 0 Å². The van der Waals surface area contributed by atoms with E-state index in [1.54, 1.807) is 38.1 Å². The van der Waals surface area contributed by atoms with E-state index >= 15 is 0 Å². The van der Waals surface area contributed by atoms with Crippen molar-refractivity contribution in [2.45, 2.75) is 26.4 Å². The maximum absolute atomic E-state index is 11.4. The summed E-state index contributed by atoms with van der Waals surface area (Å²) in [6.07, 6.45) is -0.724. The van der Waals surface area contributed by atoms with E-state index in [1.165, 1.54) is 0 Å². The zero-order valence-electron chi connectivity index (χ0n) is 8.97. The van der Waals surface area contributed by atoms with Gasteiger partial charge in [0, 0.05) is 12.3 Å². The van der Waals surface area contributed by atoms with E-state index in [9.17, 15) is 15.0 Å². The second-order valence-electron chi connectivity index (χ2n) is 3.95.